The SMILES string of the molecule is CCOC(=O)CNC(=O)Cn1cnc2c(nnn2Cc2ccccc2)c1=O. The van der Waals surface area contributed by atoms with Crippen molar-refractivity contribution in [2.75, 3.05) is 13.2 Å². The summed E-state index contributed by atoms with van der Waals surface area (Å²) in [6.07, 6.45) is 1.26. The average Bonchev–Trinajstić information content (AvgIpc) is 3.07. The lowest BCUT2D eigenvalue weighted by atomic mass is 10.2. The van der Waals surface area contributed by atoms with E-state index in [1.54, 1.807) is 6.92 Å². The maximum Gasteiger partial charge on any atom is 0.325 e. The average molecular weight is 370 g/mol. The minimum Gasteiger partial charge on any atom is -0.465 e. The smallest absolute Gasteiger partial charge is 0.325 e. The van der Waals surface area contributed by atoms with Crippen molar-refractivity contribution in [1.82, 2.24) is 29.9 Å². The van der Waals surface area contributed by atoms with Crippen LogP contribution in [0, 0.1) is 0 Å². The van der Waals surface area contributed by atoms with Gasteiger partial charge < -0.3 is 10.1 Å². The zero-order valence-corrected chi connectivity index (χ0v) is 14.7. The third-order valence-electron chi connectivity index (χ3n) is 3.72. The van der Waals surface area contributed by atoms with E-state index in [0.717, 1.165) is 10.1 Å². The van der Waals surface area contributed by atoms with Gasteiger partial charge in [-0.2, -0.15) is 0 Å². The van der Waals surface area contributed by atoms with Crippen molar-refractivity contribution in [1.29, 1.82) is 0 Å². The number of nitrogens with one attached hydrogen (secondary N) is 1. The van der Waals surface area contributed by atoms with Crippen LogP contribution in [0.4, 0.5) is 0 Å². The van der Waals surface area contributed by atoms with Gasteiger partial charge in [0, 0.05) is 0 Å². The number of nitrogens with zero attached hydrogens (tertiary/aromatic N) is 5. The third kappa shape index (κ3) is 4.35. The highest BCUT2D eigenvalue weighted by Crippen LogP contribution is 2.07. The van der Waals surface area contributed by atoms with Crippen LogP contribution in [-0.2, 0) is 27.4 Å². The fraction of sp³-hybridized carbons (Fsp3) is 0.294. The number of rotatable bonds is 7. The van der Waals surface area contributed by atoms with E-state index < -0.39 is 17.4 Å². The van der Waals surface area contributed by atoms with E-state index >= 15 is 0 Å². The fourth-order valence-corrected chi connectivity index (χ4v) is 2.46. The third-order valence-corrected chi connectivity index (χ3v) is 3.72. The first kappa shape index (κ1) is 18.2. The maximum atomic E-state index is 12.5. The van der Waals surface area contributed by atoms with E-state index in [4.69, 9.17) is 4.74 Å². The number of carbonyl (C=O) groups is 2. The van der Waals surface area contributed by atoms with Crippen LogP contribution in [0.2, 0.25) is 0 Å². The number of fused-ring (bicyclic) bond motifs is 1. The molecular weight excluding hydrogens is 352 g/mol. The molecule has 0 aliphatic rings. The molecule has 0 unspecified atom stereocenters. The Morgan fingerprint density at radius 2 is 2.00 bits per heavy atom. The van der Waals surface area contributed by atoms with E-state index in [2.05, 4.69) is 20.6 Å². The molecule has 1 N–H and O–H groups in total. The predicted octanol–water partition coefficient (Wildman–Crippen LogP) is -0.284. The van der Waals surface area contributed by atoms with Gasteiger partial charge in [-0.15, -0.1) is 5.10 Å². The van der Waals surface area contributed by atoms with E-state index in [9.17, 15) is 14.4 Å². The number of carbonyl (C=O) groups excluding carboxylic acids is 2. The fourth-order valence-electron chi connectivity index (χ4n) is 2.46. The summed E-state index contributed by atoms with van der Waals surface area (Å²) < 4.78 is 7.36. The van der Waals surface area contributed by atoms with Crippen LogP contribution in [0.1, 0.15) is 12.5 Å². The summed E-state index contributed by atoms with van der Waals surface area (Å²) in [4.78, 5) is 39.9. The van der Waals surface area contributed by atoms with Gasteiger partial charge in [-0.05, 0) is 12.5 Å². The lowest BCUT2D eigenvalue weighted by Gasteiger charge is -2.07. The predicted molar refractivity (Wildman–Crippen MR) is 94.8 cm³/mol. The van der Waals surface area contributed by atoms with E-state index in [-0.39, 0.29) is 25.2 Å². The van der Waals surface area contributed by atoms with Crippen LogP contribution in [0.15, 0.2) is 41.5 Å². The molecule has 1 aromatic carbocycles. The summed E-state index contributed by atoms with van der Waals surface area (Å²) in [5.74, 6) is -1.06. The standard InChI is InChI=1S/C17H18N6O4/c1-2-27-14(25)8-18-13(24)10-22-11-19-16-15(17(22)26)20-21-23(16)9-12-6-4-3-5-7-12/h3-7,11H,2,8-10H2,1H3,(H,18,24). The van der Waals surface area contributed by atoms with Crippen molar-refractivity contribution in [3.63, 3.8) is 0 Å². The minimum absolute atomic E-state index is 0.0756. The zero-order valence-electron chi connectivity index (χ0n) is 14.7. The number of benzene rings is 1. The lowest BCUT2D eigenvalue weighted by Crippen LogP contribution is -2.36. The highest BCUT2D eigenvalue weighted by atomic mass is 16.5. The second-order valence-corrected chi connectivity index (χ2v) is 5.66. The second-order valence-electron chi connectivity index (χ2n) is 5.66. The van der Waals surface area contributed by atoms with Crippen LogP contribution in [0.5, 0.6) is 0 Å². The minimum atomic E-state index is -0.546. The number of amides is 1. The summed E-state index contributed by atoms with van der Waals surface area (Å²) in [6, 6.07) is 9.59. The lowest BCUT2D eigenvalue weighted by molar-refractivity contribution is -0.143. The molecule has 3 aromatic rings. The van der Waals surface area contributed by atoms with Crippen molar-refractivity contribution in [3.05, 3.63) is 52.6 Å². The number of hydrogen-bond acceptors (Lipinski definition) is 7. The molecule has 10 heteroatoms. The molecule has 0 radical (unpaired) electrons. The largest absolute Gasteiger partial charge is 0.465 e. The molecule has 1 amide bonds. The Morgan fingerprint density at radius 1 is 1.22 bits per heavy atom. The van der Waals surface area contributed by atoms with Crippen molar-refractivity contribution in [2.24, 2.45) is 0 Å². The van der Waals surface area contributed by atoms with Crippen LogP contribution in [-0.4, -0.2) is 49.6 Å². The molecule has 140 valence electrons. The van der Waals surface area contributed by atoms with Crippen molar-refractivity contribution < 1.29 is 14.3 Å². The van der Waals surface area contributed by atoms with Crippen LogP contribution >= 0.6 is 0 Å². The second kappa shape index (κ2) is 8.21. The Hall–Kier alpha value is -3.56. The first-order valence-electron chi connectivity index (χ1n) is 8.33. The molecule has 0 fully saturated rings. The zero-order chi connectivity index (χ0) is 19.2. The van der Waals surface area contributed by atoms with Gasteiger partial charge in [-0.1, -0.05) is 35.5 Å². The molecule has 3 rings (SSSR count). The molecule has 0 aliphatic heterocycles. The first-order chi connectivity index (χ1) is 13.1. The van der Waals surface area contributed by atoms with Crippen LogP contribution in [0.3, 0.4) is 0 Å². The summed E-state index contributed by atoms with van der Waals surface area (Å²) in [5, 5.41) is 10.3. The Morgan fingerprint density at radius 3 is 2.74 bits per heavy atom. The molecule has 10 nitrogen and oxygen atoms in total. The number of ether oxygens (including phenoxy) is 1. The maximum absolute atomic E-state index is 12.5. The van der Waals surface area contributed by atoms with Gasteiger partial charge in [-0.3, -0.25) is 19.0 Å². The molecule has 0 aliphatic carbocycles. The highest BCUT2D eigenvalue weighted by molar-refractivity contribution is 5.82. The Balaban J connectivity index is 1.73. The number of esters is 1. The van der Waals surface area contributed by atoms with Gasteiger partial charge in [0.15, 0.2) is 11.2 Å². The molecule has 2 aromatic heterocycles. The van der Waals surface area contributed by atoms with Gasteiger partial charge >= 0.3 is 5.97 Å². The van der Waals surface area contributed by atoms with Crippen molar-refractivity contribution in [2.45, 2.75) is 20.0 Å². The summed E-state index contributed by atoms with van der Waals surface area (Å²) in [7, 11) is 0. The topological polar surface area (TPSA) is 121 Å². The van der Waals surface area contributed by atoms with Gasteiger partial charge in [-0.25, -0.2) is 9.67 Å². The monoisotopic (exact) mass is 370 g/mol. The Bertz CT molecular complexity index is 1010. The quantitative estimate of drug-likeness (QED) is 0.568. The Kier molecular flexibility index (Phi) is 5.55. The summed E-state index contributed by atoms with van der Waals surface area (Å²) in [5.41, 5.74) is 0.929. The van der Waals surface area contributed by atoms with E-state index in [1.807, 2.05) is 30.3 Å². The van der Waals surface area contributed by atoms with Crippen molar-refractivity contribution in [3.8, 4) is 0 Å². The van der Waals surface area contributed by atoms with Crippen molar-refractivity contribution >= 4 is 23.0 Å². The van der Waals surface area contributed by atoms with Gasteiger partial charge in [0.25, 0.3) is 5.56 Å². The number of hydrogen-bond donors (Lipinski definition) is 1. The van der Waals surface area contributed by atoms with Crippen LogP contribution < -0.4 is 10.9 Å². The molecule has 0 spiro atoms. The van der Waals surface area contributed by atoms with Gasteiger partial charge in [0.1, 0.15) is 19.4 Å². The normalized spacial score (nSPS) is 10.7. The molecule has 27 heavy (non-hydrogen) atoms. The number of aromatic nitrogens is 5. The van der Waals surface area contributed by atoms with E-state index in [1.165, 1.54) is 11.0 Å². The summed E-state index contributed by atoms with van der Waals surface area (Å²) >= 11 is 0. The summed E-state index contributed by atoms with van der Waals surface area (Å²) in [6.45, 7) is 1.78. The molecular formula is C17H18N6O4. The molecule has 2 heterocycles. The van der Waals surface area contributed by atoms with E-state index in [0.29, 0.717) is 12.2 Å². The van der Waals surface area contributed by atoms with Gasteiger partial charge in [0.2, 0.25) is 5.91 Å². The highest BCUT2D eigenvalue weighted by Gasteiger charge is 2.14. The molecule has 0 bridgehead atoms. The first-order valence-corrected chi connectivity index (χ1v) is 8.33. The molecule has 0 atom stereocenters. The molecule has 0 saturated carbocycles. The van der Waals surface area contributed by atoms with Gasteiger partial charge in [0.05, 0.1) is 13.2 Å². The van der Waals surface area contributed by atoms with Crippen LogP contribution in [0.25, 0.3) is 11.2 Å². The molecule has 0 saturated heterocycles. The Labute approximate surface area is 153 Å².